The predicted octanol–water partition coefficient (Wildman–Crippen LogP) is 2.83. The number of ether oxygens (including phenoxy) is 1. The maximum absolute atomic E-state index is 12.6. The first-order valence-corrected chi connectivity index (χ1v) is 9.63. The Labute approximate surface area is 161 Å². The lowest BCUT2D eigenvalue weighted by molar-refractivity contribution is -0.118. The van der Waals surface area contributed by atoms with Crippen molar-refractivity contribution in [1.82, 2.24) is 14.9 Å². The van der Waals surface area contributed by atoms with Crippen molar-refractivity contribution >= 4 is 28.7 Å². The summed E-state index contributed by atoms with van der Waals surface area (Å²) in [5.41, 5.74) is 2.28. The second-order valence-corrected chi connectivity index (χ2v) is 6.80. The average Bonchev–Trinajstić information content (AvgIpc) is 2.71. The Morgan fingerprint density at radius 2 is 1.93 bits per heavy atom. The van der Waals surface area contributed by atoms with Crippen molar-refractivity contribution in [2.45, 2.75) is 25.0 Å². The van der Waals surface area contributed by atoms with E-state index >= 15 is 0 Å². The molecule has 2 aromatic carbocycles. The van der Waals surface area contributed by atoms with Gasteiger partial charge in [-0.1, -0.05) is 42.1 Å². The Morgan fingerprint density at radius 3 is 2.70 bits per heavy atom. The van der Waals surface area contributed by atoms with Gasteiger partial charge in [0.15, 0.2) is 5.03 Å². The zero-order chi connectivity index (χ0) is 19.2. The van der Waals surface area contributed by atoms with Gasteiger partial charge in [0.05, 0.1) is 23.9 Å². The topological polar surface area (TPSA) is 73.2 Å². The van der Waals surface area contributed by atoms with Gasteiger partial charge in [-0.2, -0.15) is 0 Å². The van der Waals surface area contributed by atoms with Gasteiger partial charge in [0, 0.05) is 18.7 Å². The number of nitrogens with one attached hydrogen (secondary N) is 1. The van der Waals surface area contributed by atoms with E-state index in [0.29, 0.717) is 18.1 Å². The fourth-order valence-electron chi connectivity index (χ4n) is 2.80. The van der Waals surface area contributed by atoms with Crippen LogP contribution >= 0.6 is 11.8 Å². The van der Waals surface area contributed by atoms with Gasteiger partial charge in [0.25, 0.3) is 5.56 Å². The number of fused-ring (bicyclic) bond motifs is 1. The molecule has 0 bridgehead atoms. The SMILES string of the molecule is CCn1c(=O)c(SCC(=O)NCc2ccccc2OC)nc2ccccc21. The Bertz CT molecular complexity index is 1020. The summed E-state index contributed by atoms with van der Waals surface area (Å²) in [4.78, 5) is 29.3. The van der Waals surface area contributed by atoms with E-state index in [1.807, 2.05) is 55.5 Å². The third kappa shape index (κ3) is 4.31. The molecule has 0 aliphatic rings. The van der Waals surface area contributed by atoms with E-state index in [1.54, 1.807) is 11.7 Å². The van der Waals surface area contributed by atoms with Gasteiger partial charge in [-0.15, -0.1) is 0 Å². The molecule has 1 aromatic heterocycles. The summed E-state index contributed by atoms with van der Waals surface area (Å²) < 4.78 is 6.96. The van der Waals surface area contributed by atoms with E-state index in [2.05, 4.69) is 10.3 Å². The van der Waals surface area contributed by atoms with Crippen molar-refractivity contribution in [2.75, 3.05) is 12.9 Å². The van der Waals surface area contributed by atoms with Crippen molar-refractivity contribution in [1.29, 1.82) is 0 Å². The maximum Gasteiger partial charge on any atom is 0.283 e. The number of carbonyl (C=O) groups excluding carboxylic acids is 1. The quantitative estimate of drug-likeness (QED) is 0.635. The van der Waals surface area contributed by atoms with Crippen LogP contribution in [0.4, 0.5) is 0 Å². The summed E-state index contributed by atoms with van der Waals surface area (Å²) in [6, 6.07) is 15.0. The van der Waals surface area contributed by atoms with Crippen LogP contribution in [0.1, 0.15) is 12.5 Å². The van der Waals surface area contributed by atoms with E-state index in [0.717, 1.165) is 34.1 Å². The molecule has 27 heavy (non-hydrogen) atoms. The summed E-state index contributed by atoms with van der Waals surface area (Å²) in [6.07, 6.45) is 0. The van der Waals surface area contributed by atoms with E-state index < -0.39 is 0 Å². The molecule has 6 nitrogen and oxygen atoms in total. The highest BCUT2D eigenvalue weighted by atomic mass is 32.2. The van der Waals surface area contributed by atoms with Gasteiger partial charge in [-0.3, -0.25) is 9.59 Å². The van der Waals surface area contributed by atoms with Crippen LogP contribution < -0.4 is 15.6 Å². The zero-order valence-electron chi connectivity index (χ0n) is 15.3. The molecular weight excluding hydrogens is 362 g/mol. The second-order valence-electron chi connectivity index (χ2n) is 5.83. The number of amides is 1. The molecule has 0 saturated carbocycles. The zero-order valence-corrected chi connectivity index (χ0v) is 16.1. The number of thioether (sulfide) groups is 1. The van der Waals surface area contributed by atoms with Crippen LogP contribution in [0.25, 0.3) is 11.0 Å². The van der Waals surface area contributed by atoms with Crippen LogP contribution in [-0.2, 0) is 17.9 Å². The van der Waals surface area contributed by atoms with Crippen molar-refractivity contribution in [3.8, 4) is 5.75 Å². The van der Waals surface area contributed by atoms with Gasteiger partial charge in [-0.05, 0) is 25.1 Å². The standard InChI is InChI=1S/C20H21N3O3S/c1-3-23-16-10-6-5-9-15(16)22-19(20(23)25)27-13-18(24)21-12-14-8-4-7-11-17(14)26-2/h4-11H,3,12-13H2,1-2H3,(H,21,24). The number of para-hydroxylation sites is 3. The molecule has 7 heteroatoms. The van der Waals surface area contributed by atoms with Crippen LogP contribution in [0, 0.1) is 0 Å². The number of rotatable bonds is 7. The molecule has 0 unspecified atom stereocenters. The van der Waals surface area contributed by atoms with Crippen LogP contribution in [0.15, 0.2) is 58.4 Å². The first-order chi connectivity index (χ1) is 13.1. The summed E-state index contributed by atoms with van der Waals surface area (Å²) in [5, 5.41) is 3.19. The number of carbonyl (C=O) groups is 1. The lowest BCUT2D eigenvalue weighted by atomic mass is 10.2. The number of hydrogen-bond donors (Lipinski definition) is 1. The van der Waals surface area contributed by atoms with E-state index in [-0.39, 0.29) is 17.2 Å². The fraction of sp³-hybridized carbons (Fsp3) is 0.250. The average molecular weight is 383 g/mol. The largest absolute Gasteiger partial charge is 0.496 e. The Kier molecular flexibility index (Phi) is 6.13. The summed E-state index contributed by atoms with van der Waals surface area (Å²) in [7, 11) is 1.60. The highest BCUT2D eigenvalue weighted by Gasteiger charge is 2.12. The second kappa shape index (κ2) is 8.73. The van der Waals surface area contributed by atoms with Crippen molar-refractivity contribution in [2.24, 2.45) is 0 Å². The van der Waals surface area contributed by atoms with E-state index in [4.69, 9.17) is 4.74 Å². The summed E-state index contributed by atoms with van der Waals surface area (Å²) in [6.45, 7) is 2.84. The van der Waals surface area contributed by atoms with Crippen LogP contribution in [0.5, 0.6) is 5.75 Å². The third-order valence-corrected chi connectivity index (χ3v) is 5.09. The van der Waals surface area contributed by atoms with Crippen molar-refractivity contribution in [3.05, 3.63) is 64.4 Å². The highest BCUT2D eigenvalue weighted by molar-refractivity contribution is 7.99. The summed E-state index contributed by atoms with van der Waals surface area (Å²) in [5.74, 6) is 0.690. The first kappa shape index (κ1) is 19.0. The molecule has 0 radical (unpaired) electrons. The Morgan fingerprint density at radius 1 is 1.19 bits per heavy atom. The predicted molar refractivity (Wildman–Crippen MR) is 107 cm³/mol. The molecule has 0 saturated heterocycles. The Hall–Kier alpha value is -2.80. The normalized spacial score (nSPS) is 10.7. The summed E-state index contributed by atoms with van der Waals surface area (Å²) >= 11 is 1.16. The van der Waals surface area contributed by atoms with Crippen LogP contribution in [0.3, 0.4) is 0 Å². The number of benzene rings is 2. The first-order valence-electron chi connectivity index (χ1n) is 8.65. The molecule has 140 valence electrons. The van der Waals surface area contributed by atoms with Gasteiger partial charge in [0.1, 0.15) is 5.75 Å². The third-order valence-electron chi connectivity index (χ3n) is 4.15. The van der Waals surface area contributed by atoms with Gasteiger partial charge < -0.3 is 14.6 Å². The van der Waals surface area contributed by atoms with Crippen molar-refractivity contribution < 1.29 is 9.53 Å². The number of nitrogens with zero attached hydrogens (tertiary/aromatic N) is 2. The molecule has 0 fully saturated rings. The molecule has 1 N–H and O–H groups in total. The van der Waals surface area contributed by atoms with Gasteiger partial charge in [-0.25, -0.2) is 4.98 Å². The van der Waals surface area contributed by atoms with E-state index in [9.17, 15) is 9.59 Å². The monoisotopic (exact) mass is 383 g/mol. The smallest absolute Gasteiger partial charge is 0.283 e. The minimum Gasteiger partial charge on any atom is -0.496 e. The number of aromatic nitrogens is 2. The minimum atomic E-state index is -0.168. The highest BCUT2D eigenvalue weighted by Crippen LogP contribution is 2.18. The molecule has 3 rings (SSSR count). The van der Waals surface area contributed by atoms with Crippen LogP contribution in [-0.4, -0.2) is 28.3 Å². The fourth-order valence-corrected chi connectivity index (χ4v) is 3.57. The van der Waals surface area contributed by atoms with Gasteiger partial charge in [0.2, 0.25) is 5.91 Å². The molecule has 0 spiro atoms. The van der Waals surface area contributed by atoms with Gasteiger partial charge >= 0.3 is 0 Å². The van der Waals surface area contributed by atoms with Crippen molar-refractivity contribution in [3.63, 3.8) is 0 Å². The molecule has 1 amide bonds. The lowest BCUT2D eigenvalue weighted by Gasteiger charge is -2.11. The molecule has 0 atom stereocenters. The number of methoxy groups -OCH3 is 1. The number of aryl methyl sites for hydroxylation is 1. The van der Waals surface area contributed by atoms with E-state index in [1.165, 1.54) is 0 Å². The molecule has 0 aliphatic carbocycles. The maximum atomic E-state index is 12.6. The molecular formula is C20H21N3O3S. The number of hydrogen-bond acceptors (Lipinski definition) is 5. The van der Waals surface area contributed by atoms with Crippen LogP contribution in [0.2, 0.25) is 0 Å². The molecule has 3 aromatic rings. The molecule has 1 heterocycles. The minimum absolute atomic E-state index is 0.124. The lowest BCUT2D eigenvalue weighted by Crippen LogP contribution is -2.27. The Balaban J connectivity index is 1.68. The molecule has 0 aliphatic heterocycles.